The largest absolute Gasteiger partial charge is 0.480 e. The second-order valence-corrected chi connectivity index (χ2v) is 11.4. The highest BCUT2D eigenvalue weighted by Gasteiger charge is 2.35. The lowest BCUT2D eigenvalue weighted by Gasteiger charge is -2.37. The lowest BCUT2D eigenvalue weighted by Crippen LogP contribution is -2.32. The predicted octanol–water partition coefficient (Wildman–Crippen LogP) is 10.2. The van der Waals surface area contributed by atoms with Crippen LogP contribution in [0.15, 0.2) is 48.6 Å². The number of allylic oxidation sites excluding steroid dienone is 2. The van der Waals surface area contributed by atoms with E-state index in [0.717, 1.165) is 69.4 Å². The number of aryl methyl sites for hydroxylation is 1. The summed E-state index contributed by atoms with van der Waals surface area (Å²) in [5, 5.41) is 0. The van der Waals surface area contributed by atoms with Crippen LogP contribution in [0.1, 0.15) is 81.8 Å². The number of ether oxygens (including phenoxy) is 2. The van der Waals surface area contributed by atoms with Gasteiger partial charge in [-0.3, -0.25) is 0 Å². The number of rotatable bonds is 10. The van der Waals surface area contributed by atoms with E-state index in [2.05, 4.69) is 0 Å². The van der Waals surface area contributed by atoms with Crippen molar-refractivity contribution in [2.24, 2.45) is 17.8 Å². The Hall–Kier alpha value is -2.71. The molecule has 0 heterocycles. The Labute approximate surface area is 236 Å². The molecule has 2 aromatic rings. The van der Waals surface area contributed by atoms with Crippen LogP contribution in [0.3, 0.4) is 0 Å². The van der Waals surface area contributed by atoms with Crippen LogP contribution in [0.25, 0.3) is 0 Å². The highest BCUT2D eigenvalue weighted by atomic mass is 19.4. The number of hydrogen-bond donors (Lipinski definition) is 0. The smallest absolute Gasteiger partial charge is 0.433 e. The topological polar surface area (TPSA) is 18.5 Å². The Bertz CT molecular complexity index is 1160. The quantitative estimate of drug-likeness (QED) is 0.204. The summed E-state index contributed by atoms with van der Waals surface area (Å²) in [5.74, 6) is -1.12. The average Bonchev–Trinajstić information content (AvgIpc) is 2.92. The summed E-state index contributed by atoms with van der Waals surface area (Å²) >= 11 is 0. The molecule has 0 amide bonds. The monoisotopic (exact) mass is 586 g/mol. The first kappa shape index (κ1) is 31.2. The molecule has 0 unspecified atom stereocenters. The van der Waals surface area contributed by atoms with E-state index >= 15 is 0 Å². The molecule has 2 aromatic carbocycles. The van der Waals surface area contributed by atoms with Gasteiger partial charge in [0.2, 0.25) is 0 Å². The lowest BCUT2D eigenvalue weighted by atomic mass is 9.68. The highest BCUT2D eigenvalue weighted by molar-refractivity contribution is 5.32. The van der Waals surface area contributed by atoms with Crippen LogP contribution in [0, 0.1) is 29.4 Å². The number of halogens is 7. The van der Waals surface area contributed by atoms with Gasteiger partial charge < -0.3 is 9.47 Å². The second-order valence-electron chi connectivity index (χ2n) is 11.4. The van der Waals surface area contributed by atoms with Gasteiger partial charge in [0.15, 0.2) is 18.2 Å². The third kappa shape index (κ3) is 9.14. The lowest BCUT2D eigenvalue weighted by molar-refractivity contribution is -0.195. The first-order valence-corrected chi connectivity index (χ1v) is 14.5. The summed E-state index contributed by atoms with van der Waals surface area (Å²) < 4.78 is 105. The van der Waals surface area contributed by atoms with Crippen molar-refractivity contribution >= 4 is 0 Å². The van der Waals surface area contributed by atoms with Crippen LogP contribution in [-0.4, -0.2) is 18.9 Å². The van der Waals surface area contributed by atoms with Gasteiger partial charge in [0, 0.05) is 12.1 Å². The minimum Gasteiger partial charge on any atom is -0.480 e. The first-order valence-electron chi connectivity index (χ1n) is 14.5. The normalized spacial score (nSPS) is 24.0. The molecule has 2 aliphatic rings. The molecule has 2 saturated carbocycles. The molecule has 0 N–H and O–H groups in total. The van der Waals surface area contributed by atoms with Gasteiger partial charge in [0.05, 0.1) is 0 Å². The van der Waals surface area contributed by atoms with Gasteiger partial charge in [-0.05, 0) is 111 Å². The summed E-state index contributed by atoms with van der Waals surface area (Å²) in [6.07, 6.45) is 1.69. The molecule has 0 radical (unpaired) electrons. The Morgan fingerprint density at radius 3 is 2.05 bits per heavy atom. The maximum absolute atomic E-state index is 15.0. The van der Waals surface area contributed by atoms with E-state index in [4.69, 9.17) is 9.47 Å². The molecular formula is C32H37F7O2. The van der Waals surface area contributed by atoms with E-state index in [9.17, 15) is 30.7 Å². The van der Waals surface area contributed by atoms with Gasteiger partial charge in [0.25, 0.3) is 0 Å². The third-order valence-electron chi connectivity index (χ3n) is 8.42. The Morgan fingerprint density at radius 2 is 1.46 bits per heavy atom. The van der Waals surface area contributed by atoms with Gasteiger partial charge in [-0.25, -0.2) is 8.78 Å². The summed E-state index contributed by atoms with van der Waals surface area (Å²) in [5.41, 5.74) is 1.21. The van der Waals surface area contributed by atoms with E-state index in [1.165, 1.54) is 30.3 Å². The zero-order chi connectivity index (χ0) is 29.6. The fourth-order valence-corrected chi connectivity index (χ4v) is 6.33. The molecule has 2 fully saturated rings. The molecule has 41 heavy (non-hydrogen) atoms. The molecule has 0 bridgehead atoms. The van der Waals surface area contributed by atoms with E-state index in [0.29, 0.717) is 29.9 Å². The van der Waals surface area contributed by atoms with Gasteiger partial charge in [-0.15, -0.1) is 0 Å². The van der Waals surface area contributed by atoms with E-state index < -0.39 is 30.5 Å². The molecule has 9 heteroatoms. The average molecular weight is 587 g/mol. The van der Waals surface area contributed by atoms with Gasteiger partial charge in [0.1, 0.15) is 11.6 Å². The molecule has 0 aromatic heterocycles. The van der Waals surface area contributed by atoms with Crippen LogP contribution in [0.4, 0.5) is 30.7 Å². The van der Waals surface area contributed by atoms with E-state index in [-0.39, 0.29) is 23.3 Å². The molecule has 0 saturated heterocycles. The molecule has 226 valence electrons. The zero-order valence-corrected chi connectivity index (χ0v) is 23.2. The summed E-state index contributed by atoms with van der Waals surface area (Å²) in [6, 6.07) is 7.93. The van der Waals surface area contributed by atoms with Crippen molar-refractivity contribution < 1.29 is 40.2 Å². The Balaban J connectivity index is 1.25. The summed E-state index contributed by atoms with van der Waals surface area (Å²) in [7, 11) is 0. The van der Waals surface area contributed by atoms with Crippen molar-refractivity contribution in [3.05, 3.63) is 71.3 Å². The minimum absolute atomic E-state index is 0.0313. The molecule has 0 atom stereocenters. The first-order chi connectivity index (χ1) is 19.4. The van der Waals surface area contributed by atoms with Gasteiger partial charge in [-0.1, -0.05) is 31.6 Å². The Morgan fingerprint density at radius 1 is 0.805 bits per heavy atom. The van der Waals surface area contributed by atoms with Crippen LogP contribution in [-0.2, 0) is 6.42 Å². The van der Waals surface area contributed by atoms with Crippen molar-refractivity contribution in [1.82, 2.24) is 0 Å². The zero-order valence-electron chi connectivity index (χ0n) is 23.2. The molecule has 4 rings (SSSR count). The van der Waals surface area contributed by atoms with Crippen LogP contribution in [0.2, 0.25) is 0 Å². The van der Waals surface area contributed by atoms with Gasteiger partial charge in [-0.2, -0.15) is 22.0 Å². The minimum atomic E-state index is -4.27. The van der Waals surface area contributed by atoms with Crippen LogP contribution >= 0.6 is 0 Å². The van der Waals surface area contributed by atoms with Crippen molar-refractivity contribution in [2.45, 2.75) is 89.3 Å². The van der Waals surface area contributed by atoms with Crippen molar-refractivity contribution in [3.8, 4) is 11.5 Å². The maximum atomic E-state index is 15.0. The molecule has 0 aliphatic heterocycles. The van der Waals surface area contributed by atoms with E-state index in [1.807, 2.05) is 6.92 Å². The van der Waals surface area contributed by atoms with Crippen molar-refractivity contribution in [1.29, 1.82) is 0 Å². The van der Waals surface area contributed by atoms with Gasteiger partial charge >= 0.3 is 12.3 Å². The molecule has 2 nitrogen and oxygen atoms in total. The summed E-state index contributed by atoms with van der Waals surface area (Å²) in [4.78, 5) is 0. The predicted molar refractivity (Wildman–Crippen MR) is 143 cm³/mol. The fourth-order valence-electron chi connectivity index (χ4n) is 6.33. The fraction of sp³-hybridized carbons (Fsp3) is 0.562. The standard InChI is InChI=1S/C32H37F7O2/c1-2-3-22-6-15-30(29(34)18-22)40-20-32(38,39)41-26-13-14-27(28(33)19-26)25-11-9-24(10-12-25)23-7-4-21(5-8-23)16-17-31(35,36)37/h6,13-19,21,23-25H,2-5,7-12,20H2,1H3. The maximum Gasteiger partial charge on any atom is 0.433 e. The third-order valence-corrected chi connectivity index (χ3v) is 8.42. The molecular weight excluding hydrogens is 549 g/mol. The van der Waals surface area contributed by atoms with E-state index in [1.54, 1.807) is 6.07 Å². The van der Waals surface area contributed by atoms with Crippen molar-refractivity contribution in [3.63, 3.8) is 0 Å². The second kappa shape index (κ2) is 13.5. The van der Waals surface area contributed by atoms with Crippen molar-refractivity contribution in [2.75, 3.05) is 6.61 Å². The number of benzene rings is 2. The van der Waals surface area contributed by atoms with Crippen LogP contribution < -0.4 is 9.47 Å². The highest BCUT2D eigenvalue weighted by Crippen LogP contribution is 2.45. The Kier molecular flexibility index (Phi) is 10.3. The number of hydrogen-bond acceptors (Lipinski definition) is 2. The van der Waals surface area contributed by atoms with Crippen LogP contribution in [0.5, 0.6) is 11.5 Å². The number of alkyl halides is 5. The molecule has 2 aliphatic carbocycles. The molecule has 0 spiro atoms. The summed E-state index contributed by atoms with van der Waals surface area (Å²) in [6.45, 7) is 0.716. The SMILES string of the molecule is CCCc1ccc(OCC(F)(F)Oc2ccc(C3CCC(C4CCC(C=CC(F)(F)F)CC4)CC3)c(F)c2)c(F)c1.